The number of anilines is 2. The van der Waals surface area contributed by atoms with E-state index in [-0.39, 0.29) is 11.4 Å². The average molecular weight is 447 g/mol. The molecule has 0 atom stereocenters. The van der Waals surface area contributed by atoms with E-state index < -0.39 is 17.4 Å². The zero-order valence-electron chi connectivity index (χ0n) is 17.2. The Kier molecular flexibility index (Phi) is 7.14. The van der Waals surface area contributed by atoms with Gasteiger partial charge in [-0.3, -0.25) is 4.79 Å². The van der Waals surface area contributed by atoms with E-state index in [1.165, 1.54) is 37.7 Å². The van der Waals surface area contributed by atoms with Crippen molar-refractivity contribution in [2.45, 2.75) is 6.42 Å². The lowest BCUT2D eigenvalue weighted by Gasteiger charge is -2.13. The molecule has 1 heterocycles. The number of hydrogen-bond acceptors (Lipinski definition) is 6. The van der Waals surface area contributed by atoms with Gasteiger partial charge in [-0.2, -0.15) is 0 Å². The number of nitrogens with one attached hydrogen (secondary N) is 1. The van der Waals surface area contributed by atoms with Gasteiger partial charge in [0.25, 0.3) is 0 Å². The number of fused-ring (bicyclic) bond motifs is 1. The normalized spacial score (nSPS) is 11.8. The number of hydrogen-bond donors (Lipinski definition) is 1. The molecule has 0 unspecified atom stereocenters. The van der Waals surface area contributed by atoms with Crippen molar-refractivity contribution in [3.8, 4) is 5.75 Å². The van der Waals surface area contributed by atoms with Crippen molar-refractivity contribution in [1.82, 2.24) is 14.9 Å². The SMILES string of the molecule is COc1cc2ncnc(Nc3ccc(F)c(Cl)c3)c2cc1CC(=O)/C(F)=C/CN(C)C. The van der Waals surface area contributed by atoms with Crippen molar-refractivity contribution in [2.75, 3.05) is 33.1 Å². The molecule has 2 aromatic carbocycles. The van der Waals surface area contributed by atoms with Crippen LogP contribution in [0.25, 0.3) is 10.9 Å². The first kappa shape index (κ1) is 22.6. The zero-order valence-corrected chi connectivity index (χ0v) is 18.0. The van der Waals surface area contributed by atoms with Crippen molar-refractivity contribution in [2.24, 2.45) is 0 Å². The number of methoxy groups -OCH3 is 1. The summed E-state index contributed by atoms with van der Waals surface area (Å²) in [7, 11) is 5.03. The summed E-state index contributed by atoms with van der Waals surface area (Å²) < 4.78 is 33.0. The summed E-state index contributed by atoms with van der Waals surface area (Å²) in [6.07, 6.45) is 2.42. The van der Waals surface area contributed by atoms with Crippen molar-refractivity contribution in [3.63, 3.8) is 0 Å². The molecule has 3 rings (SSSR count). The quantitative estimate of drug-likeness (QED) is 0.506. The van der Waals surface area contributed by atoms with E-state index >= 15 is 0 Å². The highest BCUT2D eigenvalue weighted by atomic mass is 35.5. The van der Waals surface area contributed by atoms with Crippen LogP contribution in [0, 0.1) is 5.82 Å². The van der Waals surface area contributed by atoms with Crippen LogP contribution in [0.3, 0.4) is 0 Å². The van der Waals surface area contributed by atoms with Gasteiger partial charge < -0.3 is 15.0 Å². The highest BCUT2D eigenvalue weighted by Gasteiger charge is 2.16. The smallest absolute Gasteiger partial charge is 0.195 e. The number of Topliss-reactive ketones (excluding diaryl/α,β-unsaturated/α-hetero) is 1. The van der Waals surface area contributed by atoms with E-state index in [1.807, 2.05) is 0 Å². The van der Waals surface area contributed by atoms with E-state index in [1.54, 1.807) is 31.1 Å². The van der Waals surface area contributed by atoms with Gasteiger partial charge in [-0.15, -0.1) is 0 Å². The van der Waals surface area contributed by atoms with Crippen LogP contribution in [0.5, 0.6) is 5.75 Å². The van der Waals surface area contributed by atoms with Crippen LogP contribution < -0.4 is 10.1 Å². The van der Waals surface area contributed by atoms with Crippen LogP contribution in [0.2, 0.25) is 5.02 Å². The van der Waals surface area contributed by atoms with Crippen molar-refractivity contribution >= 4 is 39.8 Å². The molecule has 0 saturated carbocycles. The maximum Gasteiger partial charge on any atom is 0.195 e. The standard InChI is InChI=1S/C22H21ClF2N4O2/c1-29(2)7-6-18(25)20(30)9-13-8-15-19(11-21(13)31-3)26-12-27-22(15)28-14-4-5-17(24)16(23)10-14/h4-6,8,10-12H,7,9H2,1-3H3,(H,26,27,28)/b18-6-. The third-order valence-corrected chi connectivity index (χ3v) is 4.76. The molecule has 0 aliphatic rings. The number of nitrogens with zero attached hydrogens (tertiary/aromatic N) is 3. The molecule has 0 amide bonds. The Morgan fingerprint density at radius 1 is 1.26 bits per heavy atom. The predicted octanol–water partition coefficient (Wildman–Crippen LogP) is 4.70. The Labute approximate surface area is 183 Å². The first-order chi connectivity index (χ1) is 14.8. The molecule has 0 spiro atoms. The minimum atomic E-state index is -0.806. The van der Waals surface area contributed by atoms with Gasteiger partial charge in [-0.1, -0.05) is 11.6 Å². The first-order valence-corrected chi connectivity index (χ1v) is 9.73. The number of halogens is 3. The summed E-state index contributed by atoms with van der Waals surface area (Å²) in [6, 6.07) is 7.53. The third kappa shape index (κ3) is 5.53. The number of carbonyl (C=O) groups is 1. The Morgan fingerprint density at radius 2 is 2.03 bits per heavy atom. The highest BCUT2D eigenvalue weighted by molar-refractivity contribution is 6.31. The lowest BCUT2D eigenvalue weighted by atomic mass is 10.0. The van der Waals surface area contributed by atoms with Gasteiger partial charge >= 0.3 is 0 Å². The second-order valence-corrected chi connectivity index (χ2v) is 7.48. The molecule has 0 saturated heterocycles. The fourth-order valence-corrected chi connectivity index (χ4v) is 3.08. The lowest BCUT2D eigenvalue weighted by molar-refractivity contribution is -0.116. The second kappa shape index (κ2) is 9.80. The number of carbonyl (C=O) groups excluding carboxylic acids is 1. The van der Waals surface area contributed by atoms with E-state index in [4.69, 9.17) is 16.3 Å². The van der Waals surface area contributed by atoms with E-state index in [0.717, 1.165) is 0 Å². The van der Waals surface area contributed by atoms with Gasteiger partial charge in [-0.05, 0) is 44.4 Å². The molecule has 6 nitrogen and oxygen atoms in total. The molecule has 9 heteroatoms. The van der Waals surface area contributed by atoms with Crippen molar-refractivity contribution in [1.29, 1.82) is 0 Å². The minimum Gasteiger partial charge on any atom is -0.496 e. The topological polar surface area (TPSA) is 67.4 Å². The number of rotatable bonds is 8. The third-order valence-electron chi connectivity index (χ3n) is 4.47. The molecular weight excluding hydrogens is 426 g/mol. The molecule has 162 valence electrons. The molecule has 0 aliphatic carbocycles. The summed E-state index contributed by atoms with van der Waals surface area (Å²) >= 11 is 5.85. The van der Waals surface area contributed by atoms with Crippen molar-refractivity contribution < 1.29 is 18.3 Å². The zero-order chi connectivity index (χ0) is 22.5. The summed E-state index contributed by atoms with van der Waals surface area (Å²) in [5.74, 6) is -1.16. The van der Waals surface area contributed by atoms with Crippen LogP contribution in [-0.2, 0) is 11.2 Å². The van der Waals surface area contributed by atoms with Crippen LogP contribution in [-0.4, -0.2) is 48.4 Å². The van der Waals surface area contributed by atoms with E-state index in [0.29, 0.717) is 40.3 Å². The maximum atomic E-state index is 14.2. The Hall–Kier alpha value is -3.10. The lowest BCUT2D eigenvalue weighted by Crippen LogP contribution is -2.13. The number of ketones is 1. The Bertz CT molecular complexity index is 1150. The van der Waals surface area contributed by atoms with Crippen molar-refractivity contribution in [3.05, 3.63) is 65.0 Å². The average Bonchev–Trinajstić information content (AvgIpc) is 2.74. The van der Waals surface area contributed by atoms with Gasteiger partial charge in [-0.25, -0.2) is 18.7 Å². The number of aromatic nitrogens is 2. The largest absolute Gasteiger partial charge is 0.496 e. The molecule has 0 radical (unpaired) electrons. The Morgan fingerprint density at radius 3 is 2.71 bits per heavy atom. The predicted molar refractivity (Wildman–Crippen MR) is 117 cm³/mol. The minimum absolute atomic E-state index is 0.0312. The molecule has 0 aliphatic heterocycles. The molecule has 3 aromatic rings. The first-order valence-electron chi connectivity index (χ1n) is 9.35. The van der Waals surface area contributed by atoms with Gasteiger partial charge in [0.2, 0.25) is 0 Å². The van der Waals surface area contributed by atoms with Crippen LogP contribution in [0.15, 0.2) is 48.6 Å². The summed E-state index contributed by atoms with van der Waals surface area (Å²) in [4.78, 5) is 22.6. The molecule has 1 aromatic heterocycles. The van der Waals surface area contributed by atoms with Crippen LogP contribution in [0.4, 0.5) is 20.3 Å². The highest BCUT2D eigenvalue weighted by Crippen LogP contribution is 2.31. The fourth-order valence-electron chi connectivity index (χ4n) is 2.90. The summed E-state index contributed by atoms with van der Waals surface area (Å²) in [5.41, 5.74) is 1.57. The Balaban J connectivity index is 1.97. The van der Waals surface area contributed by atoms with Gasteiger partial charge in [0.05, 0.1) is 17.6 Å². The monoisotopic (exact) mass is 446 g/mol. The number of benzene rings is 2. The summed E-state index contributed by atoms with van der Waals surface area (Å²) in [5, 5.41) is 3.63. The molecule has 0 bridgehead atoms. The number of ether oxygens (including phenoxy) is 1. The molecule has 31 heavy (non-hydrogen) atoms. The van der Waals surface area contributed by atoms with Crippen LogP contribution >= 0.6 is 11.6 Å². The number of likely N-dealkylation sites (N-methyl/N-ethyl adjacent to an activating group) is 1. The van der Waals surface area contributed by atoms with Gasteiger partial charge in [0.1, 0.15) is 23.7 Å². The van der Waals surface area contributed by atoms with Gasteiger partial charge in [0.15, 0.2) is 11.6 Å². The fraction of sp³-hybridized carbons (Fsp3) is 0.227. The molecular formula is C22H21ClF2N4O2. The van der Waals surface area contributed by atoms with E-state index in [2.05, 4.69) is 15.3 Å². The van der Waals surface area contributed by atoms with Crippen LogP contribution in [0.1, 0.15) is 5.56 Å². The number of allylic oxidation sites excluding steroid dienone is 1. The second-order valence-electron chi connectivity index (χ2n) is 7.07. The molecule has 1 N–H and O–H groups in total. The van der Waals surface area contributed by atoms with Gasteiger partial charge in [0, 0.05) is 35.7 Å². The van der Waals surface area contributed by atoms with E-state index in [9.17, 15) is 13.6 Å². The molecule has 0 fully saturated rings. The summed E-state index contributed by atoms with van der Waals surface area (Å²) in [6.45, 7) is 0.314. The maximum absolute atomic E-state index is 14.2.